The number of nitrogens with zero attached hydrogens (tertiary/aromatic N) is 1. The number of aliphatic carboxylic acids is 1. The first-order chi connectivity index (χ1) is 27.6. The van der Waals surface area contributed by atoms with E-state index < -0.39 is 24.3 Å². The average Bonchev–Trinajstić information content (AvgIpc) is 3.17. The lowest BCUT2D eigenvalue weighted by molar-refractivity contribution is -0.870. The number of carbonyl (C=O) groups is 3. The Bertz CT molecular complexity index is 1080. The molecule has 0 saturated heterocycles. The highest BCUT2D eigenvalue weighted by Gasteiger charge is 2.21. The summed E-state index contributed by atoms with van der Waals surface area (Å²) in [5.41, 5.74) is 0. The van der Waals surface area contributed by atoms with Crippen LogP contribution >= 0.6 is 0 Å². The number of likely N-dealkylation sites (N-methyl/N-ethyl adjacent to an activating group) is 1. The minimum Gasteiger partial charge on any atom is -0.545 e. The summed E-state index contributed by atoms with van der Waals surface area (Å²) < 4.78 is 22.5. The van der Waals surface area contributed by atoms with Crippen molar-refractivity contribution in [1.82, 2.24) is 0 Å². The van der Waals surface area contributed by atoms with Gasteiger partial charge in [0, 0.05) is 12.8 Å². The van der Waals surface area contributed by atoms with Crippen LogP contribution in [-0.2, 0) is 33.3 Å². The van der Waals surface area contributed by atoms with Crippen molar-refractivity contribution in [2.45, 2.75) is 193 Å². The Hall–Kier alpha value is -2.75. The molecule has 0 spiro atoms. The number of carbonyl (C=O) groups excluding carboxylic acids is 3. The van der Waals surface area contributed by atoms with Crippen molar-refractivity contribution in [3.63, 3.8) is 0 Å². The molecule has 0 aromatic rings. The standard InChI is InChI=1S/C48H85NO8/c1-6-8-10-12-14-16-18-20-22-23-25-27-29-31-33-35-37-39-46(51)57-44(43-56-48(47(52)53)54-41-40-49(3,4)5)42-55-45(50)38-36-34-32-30-28-26-24-21-19-17-15-13-11-9-7-2/h8,10,14,16,20-22,24,44,48H,6-7,9,11-13,15,17-19,23,25-43H2,1-5H3/b10-8-,16-14-,22-20-,24-21-. The monoisotopic (exact) mass is 804 g/mol. The van der Waals surface area contributed by atoms with Crippen LogP contribution in [-0.4, -0.2) is 82.3 Å². The van der Waals surface area contributed by atoms with Crippen molar-refractivity contribution in [2.75, 3.05) is 47.5 Å². The van der Waals surface area contributed by atoms with Gasteiger partial charge in [-0.3, -0.25) is 9.59 Å². The van der Waals surface area contributed by atoms with Gasteiger partial charge in [0.2, 0.25) is 0 Å². The van der Waals surface area contributed by atoms with Crippen molar-refractivity contribution < 1.29 is 42.9 Å². The Morgan fingerprint density at radius 2 is 1.00 bits per heavy atom. The lowest BCUT2D eigenvalue weighted by Crippen LogP contribution is -2.44. The number of unbranched alkanes of at least 4 members (excludes halogenated alkanes) is 18. The second-order valence-corrected chi connectivity index (χ2v) is 16.3. The molecular formula is C48H85NO8. The second kappa shape index (κ2) is 40.0. The predicted molar refractivity (Wildman–Crippen MR) is 232 cm³/mol. The number of carboxylic acid groups (broad SMARTS) is 1. The van der Waals surface area contributed by atoms with Crippen molar-refractivity contribution >= 4 is 17.9 Å². The van der Waals surface area contributed by atoms with Crippen LogP contribution in [0.5, 0.6) is 0 Å². The van der Waals surface area contributed by atoms with E-state index in [0.717, 1.165) is 83.5 Å². The maximum absolute atomic E-state index is 12.8. The van der Waals surface area contributed by atoms with Gasteiger partial charge in [-0.15, -0.1) is 0 Å². The Morgan fingerprint density at radius 1 is 0.544 bits per heavy atom. The van der Waals surface area contributed by atoms with Gasteiger partial charge < -0.3 is 33.3 Å². The van der Waals surface area contributed by atoms with E-state index in [1.54, 1.807) is 0 Å². The maximum atomic E-state index is 12.8. The summed E-state index contributed by atoms with van der Waals surface area (Å²) in [7, 11) is 5.90. The number of allylic oxidation sites excluding steroid dienone is 8. The van der Waals surface area contributed by atoms with E-state index in [2.05, 4.69) is 62.5 Å². The third-order valence-electron chi connectivity index (χ3n) is 9.56. The third-order valence-corrected chi connectivity index (χ3v) is 9.56. The largest absolute Gasteiger partial charge is 0.545 e. The van der Waals surface area contributed by atoms with E-state index in [1.807, 2.05) is 21.1 Å². The summed E-state index contributed by atoms with van der Waals surface area (Å²) in [6.07, 6.45) is 42.8. The van der Waals surface area contributed by atoms with Crippen LogP contribution in [0.15, 0.2) is 48.6 Å². The maximum Gasteiger partial charge on any atom is 0.306 e. The fourth-order valence-electron chi connectivity index (χ4n) is 6.01. The van der Waals surface area contributed by atoms with Gasteiger partial charge in [-0.1, -0.05) is 146 Å². The van der Waals surface area contributed by atoms with Crippen LogP contribution in [0.25, 0.3) is 0 Å². The molecule has 0 heterocycles. The molecule has 57 heavy (non-hydrogen) atoms. The lowest BCUT2D eigenvalue weighted by Gasteiger charge is -2.26. The molecule has 0 aliphatic rings. The molecule has 0 N–H and O–H groups in total. The SMILES string of the molecule is CC/C=C\C/C=C\C/C=C\CCCCCCCCCC(=O)OC(COC(=O)CCCCCCC/C=C\CCCCCCCC)COC(OCC[N+](C)(C)C)C(=O)[O-]. The van der Waals surface area contributed by atoms with Crippen LogP contribution in [0.1, 0.15) is 181 Å². The number of carboxylic acids is 1. The van der Waals surface area contributed by atoms with Gasteiger partial charge in [-0.05, 0) is 70.6 Å². The molecule has 330 valence electrons. The van der Waals surface area contributed by atoms with E-state index in [1.165, 1.54) is 64.2 Å². The summed E-state index contributed by atoms with van der Waals surface area (Å²) in [6.45, 7) is 4.60. The molecular weight excluding hydrogens is 719 g/mol. The molecule has 0 aromatic heterocycles. The zero-order chi connectivity index (χ0) is 42.1. The van der Waals surface area contributed by atoms with E-state index in [9.17, 15) is 19.5 Å². The topological polar surface area (TPSA) is 111 Å². The molecule has 0 aromatic carbocycles. The number of esters is 2. The predicted octanol–water partition coefficient (Wildman–Crippen LogP) is 10.7. The van der Waals surface area contributed by atoms with Crippen molar-refractivity contribution in [3.8, 4) is 0 Å². The molecule has 0 bridgehead atoms. The molecule has 0 radical (unpaired) electrons. The van der Waals surface area contributed by atoms with Gasteiger partial charge in [0.15, 0.2) is 12.4 Å². The van der Waals surface area contributed by atoms with Gasteiger partial charge in [0.05, 0.1) is 40.3 Å². The van der Waals surface area contributed by atoms with Crippen LogP contribution in [0.3, 0.4) is 0 Å². The number of ether oxygens (including phenoxy) is 4. The zero-order valence-corrected chi connectivity index (χ0v) is 37.2. The Kier molecular flexibility index (Phi) is 38.1. The third kappa shape index (κ3) is 41.2. The lowest BCUT2D eigenvalue weighted by atomic mass is 10.1. The minimum atomic E-state index is -1.62. The molecule has 0 rings (SSSR count). The average molecular weight is 804 g/mol. The smallest absolute Gasteiger partial charge is 0.306 e. The van der Waals surface area contributed by atoms with E-state index in [0.29, 0.717) is 17.4 Å². The molecule has 0 aliphatic heterocycles. The van der Waals surface area contributed by atoms with Crippen LogP contribution in [0.4, 0.5) is 0 Å². The fraction of sp³-hybridized carbons (Fsp3) is 0.771. The number of hydrogen-bond acceptors (Lipinski definition) is 8. The van der Waals surface area contributed by atoms with Gasteiger partial charge in [-0.2, -0.15) is 0 Å². The summed E-state index contributed by atoms with van der Waals surface area (Å²) in [4.78, 5) is 37.0. The van der Waals surface area contributed by atoms with Crippen LogP contribution in [0, 0.1) is 0 Å². The Morgan fingerprint density at radius 3 is 1.51 bits per heavy atom. The number of hydrogen-bond donors (Lipinski definition) is 0. The quantitative estimate of drug-likeness (QED) is 0.0197. The van der Waals surface area contributed by atoms with Crippen LogP contribution < -0.4 is 5.11 Å². The summed E-state index contributed by atoms with van der Waals surface area (Å²) in [5.74, 6) is -2.31. The summed E-state index contributed by atoms with van der Waals surface area (Å²) in [6, 6.07) is 0. The van der Waals surface area contributed by atoms with Crippen LogP contribution in [0.2, 0.25) is 0 Å². The molecule has 0 saturated carbocycles. The van der Waals surface area contributed by atoms with Gasteiger partial charge >= 0.3 is 11.9 Å². The first-order valence-corrected chi connectivity index (χ1v) is 22.8. The highest BCUT2D eigenvalue weighted by molar-refractivity contribution is 5.70. The van der Waals surface area contributed by atoms with E-state index >= 15 is 0 Å². The molecule has 2 atom stereocenters. The van der Waals surface area contributed by atoms with E-state index in [4.69, 9.17) is 18.9 Å². The van der Waals surface area contributed by atoms with E-state index in [-0.39, 0.29) is 38.6 Å². The van der Waals surface area contributed by atoms with Gasteiger partial charge in [-0.25, -0.2) is 0 Å². The van der Waals surface area contributed by atoms with Crippen molar-refractivity contribution in [2.24, 2.45) is 0 Å². The first kappa shape index (κ1) is 54.2. The second-order valence-electron chi connectivity index (χ2n) is 16.3. The molecule has 9 nitrogen and oxygen atoms in total. The Labute approximate surface area is 349 Å². The Balaban J connectivity index is 4.46. The molecule has 0 amide bonds. The highest BCUT2D eigenvalue weighted by Crippen LogP contribution is 2.13. The number of quaternary nitrogens is 1. The fourth-order valence-corrected chi connectivity index (χ4v) is 6.01. The highest BCUT2D eigenvalue weighted by atomic mass is 16.7. The summed E-state index contributed by atoms with van der Waals surface area (Å²) >= 11 is 0. The normalized spacial score (nSPS) is 13.4. The van der Waals surface area contributed by atoms with Gasteiger partial charge in [0.25, 0.3) is 0 Å². The molecule has 9 heteroatoms. The minimum absolute atomic E-state index is 0.143. The summed E-state index contributed by atoms with van der Waals surface area (Å²) in [5, 5.41) is 11.7. The zero-order valence-electron chi connectivity index (χ0n) is 37.2. The van der Waals surface area contributed by atoms with Crippen molar-refractivity contribution in [3.05, 3.63) is 48.6 Å². The first-order valence-electron chi connectivity index (χ1n) is 22.8. The number of rotatable bonds is 41. The van der Waals surface area contributed by atoms with Gasteiger partial charge in [0.1, 0.15) is 13.2 Å². The molecule has 0 fully saturated rings. The van der Waals surface area contributed by atoms with Crippen molar-refractivity contribution in [1.29, 1.82) is 0 Å². The molecule has 0 aliphatic carbocycles. The molecule has 2 unspecified atom stereocenters.